The van der Waals surface area contributed by atoms with Crippen molar-refractivity contribution in [2.45, 2.75) is 33.1 Å². The third-order valence-corrected chi connectivity index (χ3v) is 4.75. The van der Waals surface area contributed by atoms with Gasteiger partial charge in [-0.3, -0.25) is 4.18 Å². The second-order valence-electron chi connectivity index (χ2n) is 6.39. The van der Waals surface area contributed by atoms with Crippen molar-refractivity contribution in [3.63, 3.8) is 0 Å². The van der Waals surface area contributed by atoms with Gasteiger partial charge < -0.3 is 10.1 Å². The van der Waals surface area contributed by atoms with E-state index in [2.05, 4.69) is 15.3 Å². The number of anilines is 1. The average molecular weight is 422 g/mol. The third-order valence-electron chi connectivity index (χ3n) is 4.16. The number of rotatable bonds is 11. The summed E-state index contributed by atoms with van der Waals surface area (Å²) in [5.74, 6) is 0.0537. The van der Waals surface area contributed by atoms with Crippen molar-refractivity contribution >= 4 is 21.9 Å². The molecule has 8 nitrogen and oxygen atoms in total. The highest BCUT2D eigenvalue weighted by atomic mass is 32.2. The van der Waals surface area contributed by atoms with E-state index in [4.69, 9.17) is 8.92 Å². The van der Waals surface area contributed by atoms with Crippen LogP contribution in [0.2, 0.25) is 0 Å². The minimum Gasteiger partial charge on any atom is -0.462 e. The number of benzene rings is 1. The first-order valence-electron chi connectivity index (χ1n) is 9.51. The Labute approximate surface area is 171 Å². The lowest BCUT2D eigenvalue weighted by molar-refractivity contribution is 0.0525. The molecule has 2 rings (SSSR count). The fraction of sp³-hybridized carbons (Fsp3) is 0.450. The van der Waals surface area contributed by atoms with Gasteiger partial charge in [0.15, 0.2) is 0 Å². The molecule has 0 aliphatic heterocycles. The Hall–Kier alpha value is -2.52. The molecule has 29 heavy (non-hydrogen) atoms. The molecule has 1 heterocycles. The van der Waals surface area contributed by atoms with E-state index >= 15 is 0 Å². The molecule has 0 bridgehead atoms. The molecule has 0 atom stereocenters. The van der Waals surface area contributed by atoms with Crippen molar-refractivity contribution in [3.8, 4) is 0 Å². The summed E-state index contributed by atoms with van der Waals surface area (Å²) in [4.78, 5) is 20.7. The highest BCUT2D eigenvalue weighted by molar-refractivity contribution is 7.85. The summed E-state index contributed by atoms with van der Waals surface area (Å²) in [6.45, 7) is 4.69. The molecule has 0 saturated carbocycles. The van der Waals surface area contributed by atoms with Gasteiger partial charge in [-0.15, -0.1) is 0 Å². The van der Waals surface area contributed by atoms with Crippen LogP contribution in [0.5, 0.6) is 0 Å². The van der Waals surface area contributed by atoms with Gasteiger partial charge in [0.25, 0.3) is 10.1 Å². The van der Waals surface area contributed by atoms with E-state index < -0.39 is 16.1 Å². The zero-order valence-electron chi connectivity index (χ0n) is 17.0. The van der Waals surface area contributed by atoms with Gasteiger partial charge in [-0.2, -0.15) is 8.42 Å². The van der Waals surface area contributed by atoms with E-state index in [1.54, 1.807) is 6.92 Å². The Bertz CT molecular complexity index is 914. The molecule has 2 aromatic rings. The van der Waals surface area contributed by atoms with Gasteiger partial charge >= 0.3 is 5.97 Å². The fourth-order valence-electron chi connectivity index (χ4n) is 2.75. The minimum atomic E-state index is -3.41. The summed E-state index contributed by atoms with van der Waals surface area (Å²) < 4.78 is 31.9. The van der Waals surface area contributed by atoms with Crippen LogP contribution < -0.4 is 5.32 Å². The molecule has 0 radical (unpaired) electrons. The Morgan fingerprint density at radius 1 is 1.07 bits per heavy atom. The van der Waals surface area contributed by atoms with Gasteiger partial charge in [-0.05, 0) is 37.3 Å². The fourth-order valence-corrected chi connectivity index (χ4v) is 3.14. The maximum absolute atomic E-state index is 12.3. The topological polar surface area (TPSA) is 107 Å². The number of carbonyl (C=O) groups is 1. The van der Waals surface area contributed by atoms with Crippen LogP contribution in [0.1, 0.15) is 41.0 Å². The van der Waals surface area contributed by atoms with Crippen LogP contribution in [-0.4, -0.2) is 50.4 Å². The average Bonchev–Trinajstić information content (AvgIpc) is 2.68. The quantitative estimate of drug-likeness (QED) is 0.435. The standard InChI is InChI=1S/C20H27N3O5S/c1-4-17-18(20(24)27-5-2)19(23-14-22-17)21-12-10-15-6-8-16(9-7-15)11-13-28-29(3,25)26/h6-9,14H,4-5,10-13H2,1-3H3,(H,21,22,23). The number of carbonyl (C=O) groups excluding carboxylic acids is 1. The monoisotopic (exact) mass is 421 g/mol. The van der Waals surface area contributed by atoms with Gasteiger partial charge in [0.05, 0.1) is 25.2 Å². The van der Waals surface area contributed by atoms with Crippen LogP contribution in [0.15, 0.2) is 30.6 Å². The molecule has 0 amide bonds. The van der Waals surface area contributed by atoms with E-state index in [0.717, 1.165) is 23.8 Å². The van der Waals surface area contributed by atoms with Crippen molar-refractivity contribution in [1.29, 1.82) is 0 Å². The van der Waals surface area contributed by atoms with E-state index in [9.17, 15) is 13.2 Å². The molecule has 0 spiro atoms. The first-order chi connectivity index (χ1) is 13.8. The van der Waals surface area contributed by atoms with E-state index in [-0.39, 0.29) is 13.2 Å². The predicted molar refractivity (Wildman–Crippen MR) is 111 cm³/mol. The van der Waals surface area contributed by atoms with Crippen molar-refractivity contribution < 1.29 is 22.1 Å². The summed E-state index contributed by atoms with van der Waals surface area (Å²) in [7, 11) is -3.41. The van der Waals surface area contributed by atoms with Crippen LogP contribution in [0.25, 0.3) is 0 Å². The highest BCUT2D eigenvalue weighted by Gasteiger charge is 2.19. The largest absolute Gasteiger partial charge is 0.462 e. The van der Waals surface area contributed by atoms with Crippen molar-refractivity contribution in [3.05, 3.63) is 53.0 Å². The van der Waals surface area contributed by atoms with Gasteiger partial charge in [0, 0.05) is 6.54 Å². The molecule has 0 aliphatic carbocycles. The third kappa shape index (κ3) is 7.43. The van der Waals surface area contributed by atoms with Crippen LogP contribution >= 0.6 is 0 Å². The zero-order valence-corrected chi connectivity index (χ0v) is 17.8. The van der Waals surface area contributed by atoms with Crippen LogP contribution in [-0.2, 0) is 38.3 Å². The number of hydrogen-bond donors (Lipinski definition) is 1. The summed E-state index contributed by atoms with van der Waals surface area (Å²) in [5.41, 5.74) is 3.14. The number of aryl methyl sites for hydroxylation is 1. The van der Waals surface area contributed by atoms with Gasteiger partial charge in [-0.25, -0.2) is 14.8 Å². The number of hydrogen-bond acceptors (Lipinski definition) is 8. The molecule has 9 heteroatoms. The summed E-state index contributed by atoms with van der Waals surface area (Å²) in [5, 5.41) is 3.20. The normalized spacial score (nSPS) is 11.3. The number of nitrogens with zero attached hydrogens (tertiary/aromatic N) is 2. The molecule has 1 aromatic carbocycles. The first kappa shape index (κ1) is 22.8. The highest BCUT2D eigenvalue weighted by Crippen LogP contribution is 2.17. The number of aromatic nitrogens is 2. The number of ether oxygens (including phenoxy) is 1. The van der Waals surface area contributed by atoms with Crippen molar-refractivity contribution in [2.24, 2.45) is 0 Å². The molecule has 0 unspecified atom stereocenters. The van der Waals surface area contributed by atoms with Gasteiger partial charge in [0.2, 0.25) is 0 Å². The predicted octanol–water partition coefficient (Wildman–Crippen LogP) is 2.39. The molecular formula is C20H27N3O5S. The van der Waals surface area contributed by atoms with Gasteiger partial charge in [-0.1, -0.05) is 31.2 Å². The molecule has 158 valence electrons. The van der Waals surface area contributed by atoms with E-state index in [1.807, 2.05) is 31.2 Å². The van der Waals surface area contributed by atoms with Gasteiger partial charge in [0.1, 0.15) is 17.7 Å². The van der Waals surface area contributed by atoms with Crippen LogP contribution in [0, 0.1) is 0 Å². The Morgan fingerprint density at radius 3 is 2.31 bits per heavy atom. The SMILES string of the molecule is CCOC(=O)c1c(CC)ncnc1NCCc1ccc(CCOS(C)(=O)=O)cc1. The zero-order chi connectivity index (χ0) is 21.3. The lowest BCUT2D eigenvalue weighted by Crippen LogP contribution is -2.16. The van der Waals surface area contributed by atoms with Crippen LogP contribution in [0.3, 0.4) is 0 Å². The maximum atomic E-state index is 12.3. The molecule has 1 N–H and O–H groups in total. The smallest absolute Gasteiger partial charge is 0.343 e. The summed E-state index contributed by atoms with van der Waals surface area (Å²) in [6.07, 6.45) is 4.34. The Morgan fingerprint density at radius 2 is 1.72 bits per heavy atom. The molecular weight excluding hydrogens is 394 g/mol. The maximum Gasteiger partial charge on any atom is 0.343 e. The number of esters is 1. The lowest BCUT2D eigenvalue weighted by Gasteiger charge is -2.13. The van der Waals surface area contributed by atoms with Crippen molar-refractivity contribution in [2.75, 3.05) is 31.3 Å². The summed E-state index contributed by atoms with van der Waals surface area (Å²) >= 11 is 0. The van der Waals surface area contributed by atoms with Crippen molar-refractivity contribution in [1.82, 2.24) is 9.97 Å². The molecule has 0 aliphatic rings. The van der Waals surface area contributed by atoms with Crippen LogP contribution in [0.4, 0.5) is 5.82 Å². The summed E-state index contributed by atoms with van der Waals surface area (Å²) in [6, 6.07) is 7.87. The molecule has 0 fully saturated rings. The Balaban J connectivity index is 1.94. The minimum absolute atomic E-state index is 0.129. The number of nitrogens with one attached hydrogen (secondary N) is 1. The van der Waals surface area contributed by atoms with E-state index in [1.165, 1.54) is 6.33 Å². The molecule has 0 saturated heterocycles. The Kier molecular flexibility index (Phi) is 8.53. The van der Waals surface area contributed by atoms with E-state index in [0.29, 0.717) is 36.5 Å². The first-order valence-corrected chi connectivity index (χ1v) is 11.3. The lowest BCUT2D eigenvalue weighted by atomic mass is 10.1. The second-order valence-corrected chi connectivity index (χ2v) is 8.03. The molecule has 1 aromatic heterocycles. The second kappa shape index (κ2) is 10.9.